The normalized spacial score (nSPS) is 10.6. The first-order chi connectivity index (χ1) is 9.20. The van der Waals surface area contributed by atoms with E-state index in [-0.39, 0.29) is 0 Å². The molecular formula is C14H18N4O. The number of benzene rings is 1. The van der Waals surface area contributed by atoms with E-state index in [1.54, 1.807) is 12.3 Å². The quantitative estimate of drug-likeness (QED) is 0.820. The van der Waals surface area contributed by atoms with Crippen LogP contribution in [0, 0.1) is 0 Å². The number of nitrogens with two attached hydrogens (primary N) is 1. The Labute approximate surface area is 112 Å². The fourth-order valence-electron chi connectivity index (χ4n) is 1.96. The van der Waals surface area contributed by atoms with Gasteiger partial charge in [0.1, 0.15) is 0 Å². The van der Waals surface area contributed by atoms with Crippen LogP contribution < -0.4 is 11.1 Å². The average molecular weight is 258 g/mol. The highest BCUT2D eigenvalue weighted by molar-refractivity contribution is 5.92. The fraction of sp³-hybridized carbons (Fsp3) is 0.286. The van der Waals surface area contributed by atoms with Gasteiger partial charge in [-0.2, -0.15) is 5.10 Å². The second-order valence-electron chi connectivity index (χ2n) is 4.31. The third-order valence-electron chi connectivity index (χ3n) is 2.95. The Morgan fingerprint density at radius 1 is 1.37 bits per heavy atom. The SMILES string of the molecule is CCn1nccc1CNCc1cccc(C(N)=O)c1. The Morgan fingerprint density at radius 3 is 2.95 bits per heavy atom. The molecule has 0 bridgehead atoms. The molecule has 0 spiro atoms. The smallest absolute Gasteiger partial charge is 0.248 e. The first-order valence-electron chi connectivity index (χ1n) is 6.31. The number of carbonyl (C=O) groups is 1. The molecule has 0 aliphatic carbocycles. The molecule has 0 radical (unpaired) electrons. The van der Waals surface area contributed by atoms with Crippen molar-refractivity contribution in [1.29, 1.82) is 0 Å². The number of aryl methyl sites for hydroxylation is 1. The topological polar surface area (TPSA) is 72.9 Å². The molecule has 0 saturated heterocycles. The molecule has 19 heavy (non-hydrogen) atoms. The lowest BCUT2D eigenvalue weighted by Gasteiger charge is -2.07. The summed E-state index contributed by atoms with van der Waals surface area (Å²) in [6, 6.07) is 9.34. The number of primary amides is 1. The molecular weight excluding hydrogens is 240 g/mol. The lowest BCUT2D eigenvalue weighted by molar-refractivity contribution is 0.1000. The van der Waals surface area contributed by atoms with Gasteiger partial charge in [-0.25, -0.2) is 0 Å². The molecule has 0 fully saturated rings. The molecule has 5 heteroatoms. The van der Waals surface area contributed by atoms with Crippen LogP contribution in [0.15, 0.2) is 36.5 Å². The molecule has 1 aromatic heterocycles. The van der Waals surface area contributed by atoms with Gasteiger partial charge in [0.25, 0.3) is 0 Å². The zero-order valence-electron chi connectivity index (χ0n) is 11.0. The molecule has 1 amide bonds. The predicted octanol–water partition coefficient (Wildman–Crippen LogP) is 1.29. The van der Waals surface area contributed by atoms with Gasteiger partial charge in [-0.3, -0.25) is 9.48 Å². The van der Waals surface area contributed by atoms with Gasteiger partial charge in [0.15, 0.2) is 0 Å². The van der Waals surface area contributed by atoms with E-state index in [9.17, 15) is 4.79 Å². The summed E-state index contributed by atoms with van der Waals surface area (Å²) in [4.78, 5) is 11.1. The van der Waals surface area contributed by atoms with Crippen LogP contribution in [0.2, 0.25) is 0 Å². The van der Waals surface area contributed by atoms with Crippen LogP contribution in [0.3, 0.4) is 0 Å². The van der Waals surface area contributed by atoms with Gasteiger partial charge in [-0.05, 0) is 30.7 Å². The Morgan fingerprint density at radius 2 is 2.21 bits per heavy atom. The summed E-state index contributed by atoms with van der Waals surface area (Å²) in [5, 5.41) is 7.55. The minimum atomic E-state index is -0.397. The fourth-order valence-corrected chi connectivity index (χ4v) is 1.96. The van der Waals surface area contributed by atoms with E-state index in [1.807, 2.05) is 28.9 Å². The third kappa shape index (κ3) is 3.42. The second kappa shape index (κ2) is 6.15. The van der Waals surface area contributed by atoms with Gasteiger partial charge in [0.2, 0.25) is 5.91 Å². The van der Waals surface area contributed by atoms with Crippen LogP contribution in [0.4, 0.5) is 0 Å². The summed E-state index contributed by atoms with van der Waals surface area (Å²) in [6.07, 6.45) is 1.80. The summed E-state index contributed by atoms with van der Waals surface area (Å²) in [5.41, 5.74) is 7.98. The number of amides is 1. The Kier molecular flexibility index (Phi) is 4.30. The molecule has 0 aliphatic rings. The molecule has 0 saturated carbocycles. The van der Waals surface area contributed by atoms with Crippen LogP contribution >= 0.6 is 0 Å². The Balaban J connectivity index is 1.92. The van der Waals surface area contributed by atoms with Crippen LogP contribution in [0.5, 0.6) is 0 Å². The summed E-state index contributed by atoms with van der Waals surface area (Å²) < 4.78 is 1.95. The minimum Gasteiger partial charge on any atom is -0.366 e. The first kappa shape index (κ1) is 13.3. The molecule has 0 atom stereocenters. The van der Waals surface area contributed by atoms with E-state index in [0.717, 1.165) is 24.3 Å². The molecule has 3 N–H and O–H groups in total. The third-order valence-corrected chi connectivity index (χ3v) is 2.95. The number of carbonyl (C=O) groups excluding carboxylic acids is 1. The minimum absolute atomic E-state index is 0.397. The summed E-state index contributed by atoms with van der Waals surface area (Å²) in [6.45, 7) is 4.36. The van der Waals surface area contributed by atoms with Crippen molar-refractivity contribution in [2.75, 3.05) is 0 Å². The lowest BCUT2D eigenvalue weighted by atomic mass is 10.1. The highest BCUT2D eigenvalue weighted by Crippen LogP contribution is 2.05. The van der Waals surface area contributed by atoms with Crippen molar-refractivity contribution in [2.24, 2.45) is 5.73 Å². The van der Waals surface area contributed by atoms with E-state index >= 15 is 0 Å². The van der Waals surface area contributed by atoms with Gasteiger partial charge in [-0.1, -0.05) is 12.1 Å². The summed E-state index contributed by atoms with van der Waals surface area (Å²) in [5.74, 6) is -0.397. The van der Waals surface area contributed by atoms with Gasteiger partial charge >= 0.3 is 0 Å². The van der Waals surface area contributed by atoms with E-state index in [2.05, 4.69) is 17.3 Å². The van der Waals surface area contributed by atoms with Gasteiger partial charge < -0.3 is 11.1 Å². The Hall–Kier alpha value is -2.14. The van der Waals surface area contributed by atoms with Crippen molar-refractivity contribution in [3.05, 3.63) is 53.3 Å². The maximum absolute atomic E-state index is 11.1. The van der Waals surface area contributed by atoms with E-state index in [4.69, 9.17) is 5.73 Å². The van der Waals surface area contributed by atoms with Gasteiger partial charge in [-0.15, -0.1) is 0 Å². The maximum Gasteiger partial charge on any atom is 0.248 e. The largest absolute Gasteiger partial charge is 0.366 e. The highest BCUT2D eigenvalue weighted by Gasteiger charge is 2.02. The van der Waals surface area contributed by atoms with Crippen molar-refractivity contribution >= 4 is 5.91 Å². The van der Waals surface area contributed by atoms with Crippen molar-refractivity contribution < 1.29 is 4.79 Å². The number of nitrogens with one attached hydrogen (secondary N) is 1. The van der Waals surface area contributed by atoms with Crippen LogP contribution in [0.1, 0.15) is 28.5 Å². The second-order valence-corrected chi connectivity index (χ2v) is 4.31. The number of rotatable bonds is 6. The van der Waals surface area contributed by atoms with Crippen molar-refractivity contribution in [3.8, 4) is 0 Å². The van der Waals surface area contributed by atoms with Crippen LogP contribution in [-0.4, -0.2) is 15.7 Å². The monoisotopic (exact) mass is 258 g/mol. The van der Waals surface area contributed by atoms with Gasteiger partial charge in [0.05, 0.1) is 5.69 Å². The molecule has 2 rings (SSSR count). The van der Waals surface area contributed by atoms with Crippen molar-refractivity contribution in [2.45, 2.75) is 26.6 Å². The van der Waals surface area contributed by atoms with Crippen molar-refractivity contribution in [1.82, 2.24) is 15.1 Å². The molecule has 1 heterocycles. The summed E-state index contributed by atoms with van der Waals surface area (Å²) in [7, 11) is 0. The molecule has 5 nitrogen and oxygen atoms in total. The van der Waals surface area contributed by atoms with Crippen LogP contribution in [0.25, 0.3) is 0 Å². The number of aromatic nitrogens is 2. The predicted molar refractivity (Wildman–Crippen MR) is 73.4 cm³/mol. The highest BCUT2D eigenvalue weighted by atomic mass is 16.1. The molecule has 100 valence electrons. The maximum atomic E-state index is 11.1. The summed E-state index contributed by atoms with van der Waals surface area (Å²) >= 11 is 0. The van der Waals surface area contributed by atoms with E-state index in [0.29, 0.717) is 12.1 Å². The van der Waals surface area contributed by atoms with Gasteiger partial charge in [0, 0.05) is 31.4 Å². The first-order valence-corrected chi connectivity index (χ1v) is 6.31. The average Bonchev–Trinajstić information content (AvgIpc) is 2.86. The van der Waals surface area contributed by atoms with E-state index < -0.39 is 5.91 Å². The molecule has 0 aliphatic heterocycles. The van der Waals surface area contributed by atoms with Crippen LogP contribution in [-0.2, 0) is 19.6 Å². The zero-order chi connectivity index (χ0) is 13.7. The molecule has 0 unspecified atom stereocenters. The zero-order valence-corrected chi connectivity index (χ0v) is 11.0. The Bertz CT molecular complexity index is 562. The molecule has 2 aromatic rings. The lowest BCUT2D eigenvalue weighted by Crippen LogP contribution is -2.17. The van der Waals surface area contributed by atoms with E-state index in [1.165, 1.54) is 0 Å². The van der Waals surface area contributed by atoms with Crippen molar-refractivity contribution in [3.63, 3.8) is 0 Å². The number of hydrogen-bond donors (Lipinski definition) is 2. The number of nitrogens with zero attached hydrogens (tertiary/aromatic N) is 2. The standard InChI is InChI=1S/C14H18N4O/c1-2-18-13(6-7-17-18)10-16-9-11-4-3-5-12(8-11)14(15)19/h3-8,16H,2,9-10H2,1H3,(H2,15,19). The molecule has 1 aromatic carbocycles. The number of hydrogen-bond acceptors (Lipinski definition) is 3.